The number of rotatable bonds is 1. The van der Waals surface area contributed by atoms with Gasteiger partial charge in [-0.25, -0.2) is 0 Å². The van der Waals surface area contributed by atoms with Crippen molar-refractivity contribution in [2.24, 2.45) is 0 Å². The van der Waals surface area contributed by atoms with E-state index >= 15 is 0 Å². The summed E-state index contributed by atoms with van der Waals surface area (Å²) in [5.41, 5.74) is 0. The molecule has 0 spiro atoms. The van der Waals surface area contributed by atoms with E-state index in [1.165, 1.54) is 6.92 Å². The molecule has 0 saturated heterocycles. The van der Waals surface area contributed by atoms with Crippen LogP contribution in [0.25, 0.3) is 0 Å². The Labute approximate surface area is 96.8 Å². The molecule has 4 heteroatoms. The summed E-state index contributed by atoms with van der Waals surface area (Å²) in [4.78, 5) is 0. The van der Waals surface area contributed by atoms with Crippen LogP contribution in [0.3, 0.4) is 0 Å². The Morgan fingerprint density at radius 1 is 1.45 bits per heavy atom. The van der Waals surface area contributed by atoms with E-state index in [1.54, 1.807) is 4.06 Å². The molecule has 0 atom stereocenters. The van der Waals surface area contributed by atoms with Crippen molar-refractivity contribution in [3.63, 3.8) is 0 Å². The molecule has 0 aliphatic carbocycles. The first-order chi connectivity index (χ1) is 4.91. The van der Waals surface area contributed by atoms with Gasteiger partial charge in [0.2, 0.25) is 0 Å². The van der Waals surface area contributed by atoms with Gasteiger partial charge in [-0.05, 0) is 0 Å². The standard InChI is InChI=1S/C7H10BrISeSi/c1-11(2,3)6-4-5(8)7(9)10-6/h4H,1-3H3. The van der Waals surface area contributed by atoms with Crippen LogP contribution in [0.4, 0.5) is 0 Å². The summed E-state index contributed by atoms with van der Waals surface area (Å²) in [6.45, 7) is 7.24. The molecule has 11 heavy (non-hydrogen) atoms. The Kier molecular flexibility index (Phi) is 3.49. The fraction of sp³-hybridized carbons (Fsp3) is 0.429. The molecule has 0 aliphatic heterocycles. The SMILES string of the molecule is C[Si](C)(C)c1cc(Br)c(I)[se]1. The molecule has 62 valence electrons. The minimum atomic E-state index is -0.995. The van der Waals surface area contributed by atoms with Gasteiger partial charge in [0.1, 0.15) is 0 Å². The second-order valence-corrected chi connectivity index (χ2v) is 15.1. The molecule has 0 unspecified atom stereocenters. The van der Waals surface area contributed by atoms with Crippen molar-refractivity contribution in [1.82, 2.24) is 0 Å². The van der Waals surface area contributed by atoms with E-state index in [1.807, 2.05) is 0 Å². The average molecular weight is 408 g/mol. The van der Waals surface area contributed by atoms with Crippen LogP contribution >= 0.6 is 38.5 Å². The third-order valence-corrected chi connectivity index (χ3v) is 12.6. The van der Waals surface area contributed by atoms with Crippen LogP contribution in [0.15, 0.2) is 10.5 Å². The van der Waals surface area contributed by atoms with E-state index in [0.29, 0.717) is 14.5 Å². The summed E-state index contributed by atoms with van der Waals surface area (Å²) in [5, 5.41) is 0. The monoisotopic (exact) mass is 408 g/mol. The summed E-state index contributed by atoms with van der Waals surface area (Å²) in [6, 6.07) is 2.34. The topological polar surface area (TPSA) is 0 Å². The van der Waals surface area contributed by atoms with Crippen molar-refractivity contribution < 1.29 is 0 Å². The van der Waals surface area contributed by atoms with Gasteiger partial charge < -0.3 is 0 Å². The molecule has 0 radical (unpaired) electrons. The van der Waals surface area contributed by atoms with Crippen LogP contribution in [-0.2, 0) is 0 Å². The van der Waals surface area contributed by atoms with Crippen molar-refractivity contribution in [2.75, 3.05) is 0 Å². The van der Waals surface area contributed by atoms with Gasteiger partial charge in [0.05, 0.1) is 0 Å². The van der Waals surface area contributed by atoms with Crippen LogP contribution in [-0.4, -0.2) is 22.6 Å². The van der Waals surface area contributed by atoms with Crippen LogP contribution in [0.2, 0.25) is 19.6 Å². The third-order valence-electron chi connectivity index (χ3n) is 1.38. The van der Waals surface area contributed by atoms with E-state index in [2.05, 4.69) is 64.2 Å². The van der Waals surface area contributed by atoms with Crippen molar-refractivity contribution in [1.29, 1.82) is 0 Å². The zero-order valence-electron chi connectivity index (χ0n) is 6.74. The van der Waals surface area contributed by atoms with Gasteiger partial charge >= 0.3 is 97.8 Å². The maximum absolute atomic E-state index is 3.57. The second kappa shape index (κ2) is 3.66. The summed E-state index contributed by atoms with van der Waals surface area (Å²) in [6.07, 6.45) is 0. The quantitative estimate of drug-likeness (QED) is 0.496. The minimum absolute atomic E-state index is 0.643. The Morgan fingerprint density at radius 3 is 2.18 bits per heavy atom. The zero-order chi connectivity index (χ0) is 8.65. The summed E-state index contributed by atoms with van der Waals surface area (Å²) < 4.78 is 4.57. The molecule has 1 heterocycles. The number of hydrogen-bond donors (Lipinski definition) is 0. The Hall–Kier alpha value is 1.43. The van der Waals surface area contributed by atoms with Gasteiger partial charge in [-0.1, -0.05) is 0 Å². The average Bonchev–Trinajstić information content (AvgIpc) is 2.11. The van der Waals surface area contributed by atoms with Crippen molar-refractivity contribution in [3.05, 3.63) is 13.0 Å². The molecule has 0 nitrogen and oxygen atoms in total. The van der Waals surface area contributed by atoms with Crippen molar-refractivity contribution >= 4 is 65.2 Å². The van der Waals surface area contributed by atoms with Crippen LogP contribution < -0.4 is 4.06 Å². The predicted octanol–water partition coefficient (Wildman–Crippen LogP) is 2.66. The predicted molar refractivity (Wildman–Crippen MR) is 66.8 cm³/mol. The summed E-state index contributed by atoms with van der Waals surface area (Å²) in [7, 11) is -0.995. The molecular weight excluding hydrogens is 398 g/mol. The molecule has 0 amide bonds. The second-order valence-electron chi connectivity index (χ2n) is 3.48. The molecule has 1 rings (SSSR count). The number of halogens is 2. The van der Waals surface area contributed by atoms with E-state index in [9.17, 15) is 0 Å². The maximum atomic E-state index is 3.57. The molecule has 0 bridgehead atoms. The molecule has 0 aliphatic rings. The molecule has 0 aromatic carbocycles. The van der Waals surface area contributed by atoms with E-state index in [4.69, 9.17) is 0 Å². The van der Waals surface area contributed by atoms with Gasteiger partial charge in [-0.2, -0.15) is 0 Å². The van der Waals surface area contributed by atoms with Gasteiger partial charge in [0, 0.05) is 0 Å². The first-order valence-corrected chi connectivity index (χ1v) is 10.4. The fourth-order valence-electron chi connectivity index (χ4n) is 0.716. The Bertz CT molecular complexity index is 244. The molecular formula is C7H10BrISeSi. The fourth-order valence-corrected chi connectivity index (χ4v) is 8.83. The summed E-state index contributed by atoms with van der Waals surface area (Å²) >= 11 is 6.66. The molecule has 0 saturated carbocycles. The van der Waals surface area contributed by atoms with Crippen LogP contribution in [0, 0.1) is 2.44 Å². The van der Waals surface area contributed by atoms with Gasteiger partial charge in [0.15, 0.2) is 0 Å². The molecule has 1 aromatic heterocycles. The van der Waals surface area contributed by atoms with Gasteiger partial charge in [0.25, 0.3) is 0 Å². The third kappa shape index (κ3) is 2.69. The first kappa shape index (κ1) is 10.5. The molecule has 1 aromatic rings. The number of hydrogen-bond acceptors (Lipinski definition) is 0. The van der Waals surface area contributed by atoms with E-state index in [-0.39, 0.29) is 0 Å². The first-order valence-electron chi connectivity index (χ1n) is 3.36. The van der Waals surface area contributed by atoms with Crippen LogP contribution in [0.1, 0.15) is 0 Å². The van der Waals surface area contributed by atoms with Crippen LogP contribution in [0.5, 0.6) is 0 Å². The van der Waals surface area contributed by atoms with Gasteiger partial charge in [-0.15, -0.1) is 0 Å². The normalized spacial score (nSPS) is 12.1. The van der Waals surface area contributed by atoms with Crippen molar-refractivity contribution in [2.45, 2.75) is 19.6 Å². The zero-order valence-corrected chi connectivity index (χ0v) is 13.2. The van der Waals surface area contributed by atoms with Crippen molar-refractivity contribution in [3.8, 4) is 0 Å². The molecule has 0 N–H and O–H groups in total. The molecule has 0 fully saturated rings. The Morgan fingerprint density at radius 2 is 2.00 bits per heavy atom. The van der Waals surface area contributed by atoms with Gasteiger partial charge in [-0.3, -0.25) is 0 Å². The van der Waals surface area contributed by atoms with E-state index in [0.717, 1.165) is 0 Å². The van der Waals surface area contributed by atoms with E-state index < -0.39 is 8.07 Å². The summed E-state index contributed by atoms with van der Waals surface area (Å²) in [5.74, 6) is 0. The Balaban J connectivity index is 3.08.